The summed E-state index contributed by atoms with van der Waals surface area (Å²) in [6.07, 6.45) is 1.20. The van der Waals surface area contributed by atoms with Gasteiger partial charge >= 0.3 is 0 Å². The van der Waals surface area contributed by atoms with Crippen LogP contribution in [0.15, 0.2) is 40.7 Å². The van der Waals surface area contributed by atoms with Crippen LogP contribution in [0.1, 0.15) is 6.42 Å². The van der Waals surface area contributed by atoms with Crippen LogP contribution in [0.5, 0.6) is 0 Å². The fraction of sp³-hybridized carbons (Fsp3) is 0.286. The Bertz CT molecular complexity index is 780. The molecule has 1 aromatic heterocycles. The number of hydrogen-bond acceptors (Lipinski definition) is 7. The van der Waals surface area contributed by atoms with Crippen LogP contribution in [0.2, 0.25) is 0 Å². The molecule has 1 aromatic carbocycles. The summed E-state index contributed by atoms with van der Waals surface area (Å²) in [7, 11) is -2.30. The highest BCUT2D eigenvalue weighted by atomic mass is 35.5. The minimum absolute atomic E-state index is 0. The van der Waals surface area contributed by atoms with Crippen molar-refractivity contribution in [3.63, 3.8) is 0 Å². The fourth-order valence-corrected chi connectivity index (χ4v) is 3.70. The summed E-state index contributed by atoms with van der Waals surface area (Å²) in [5.74, 6) is -0.310. The normalized spacial score (nSPS) is 12.1. The van der Waals surface area contributed by atoms with Crippen LogP contribution < -0.4 is 15.8 Å². The van der Waals surface area contributed by atoms with Crippen LogP contribution in [-0.2, 0) is 19.6 Å². The number of nitrogens with zero attached hydrogens (tertiary/aromatic N) is 1. The lowest BCUT2D eigenvalue weighted by molar-refractivity contribution is -0.118. The maximum absolute atomic E-state index is 12.3. The fourth-order valence-electron chi connectivity index (χ4n) is 1.87. The number of benzene rings is 1. The number of carbonyl (C=O) groups excluding carboxylic acids is 1. The van der Waals surface area contributed by atoms with Crippen molar-refractivity contribution in [1.29, 1.82) is 0 Å². The van der Waals surface area contributed by atoms with Gasteiger partial charge in [0, 0.05) is 30.9 Å². The number of methoxy groups -OCH3 is 1. The van der Waals surface area contributed by atoms with Crippen molar-refractivity contribution < 1.29 is 17.9 Å². The second-order valence-electron chi connectivity index (χ2n) is 4.82. The van der Waals surface area contributed by atoms with Gasteiger partial charge in [0.1, 0.15) is 0 Å². The molecule has 0 spiro atoms. The molecule has 0 aliphatic carbocycles. The highest BCUT2D eigenvalue weighted by Crippen LogP contribution is 2.20. The van der Waals surface area contributed by atoms with Crippen molar-refractivity contribution in [2.75, 3.05) is 23.7 Å². The molecule has 0 saturated carbocycles. The predicted molar refractivity (Wildman–Crippen MR) is 99.7 cm³/mol. The van der Waals surface area contributed by atoms with Crippen LogP contribution in [-0.4, -0.2) is 39.1 Å². The number of sulfonamides is 1. The van der Waals surface area contributed by atoms with E-state index >= 15 is 0 Å². The summed E-state index contributed by atoms with van der Waals surface area (Å²) < 4.78 is 32.1. The zero-order valence-corrected chi connectivity index (χ0v) is 15.8. The van der Waals surface area contributed by atoms with E-state index in [9.17, 15) is 13.2 Å². The van der Waals surface area contributed by atoms with Crippen molar-refractivity contribution >= 4 is 50.5 Å². The molecule has 1 heterocycles. The van der Waals surface area contributed by atoms with Crippen LogP contribution in [0.4, 0.5) is 10.8 Å². The molecule has 0 bridgehead atoms. The average Bonchev–Trinajstić information content (AvgIpc) is 3.05. The zero-order valence-electron chi connectivity index (χ0n) is 13.3. The van der Waals surface area contributed by atoms with Crippen molar-refractivity contribution in [2.24, 2.45) is 5.73 Å². The first-order valence-electron chi connectivity index (χ1n) is 6.99. The van der Waals surface area contributed by atoms with Gasteiger partial charge in [0.15, 0.2) is 5.13 Å². The molecule has 0 saturated heterocycles. The first-order chi connectivity index (χ1) is 11.4. The van der Waals surface area contributed by atoms with Gasteiger partial charge in [-0.2, -0.15) is 0 Å². The van der Waals surface area contributed by atoms with Gasteiger partial charge in [0.25, 0.3) is 10.0 Å². The third-order valence-corrected chi connectivity index (χ3v) is 5.25. The second kappa shape index (κ2) is 9.68. The number of aromatic nitrogens is 1. The Balaban J connectivity index is 0.00000312. The monoisotopic (exact) mass is 406 g/mol. The standard InChI is InChI=1S/C14H18N4O4S2.ClH/c1-22-11(9-15)8-13(19)17-10-3-2-4-12(7-10)24(20,21)18-14-16-5-6-23-14;/h2-7,11H,8-9,15H2,1H3,(H,16,18)(H,17,19);1H. The molecule has 2 rings (SSSR count). The number of nitrogens with two attached hydrogens (primary N) is 1. The molecular formula is C14H19ClN4O4S2. The maximum atomic E-state index is 12.3. The highest BCUT2D eigenvalue weighted by molar-refractivity contribution is 7.93. The molecule has 11 heteroatoms. The molecule has 8 nitrogen and oxygen atoms in total. The van der Waals surface area contributed by atoms with E-state index in [0.717, 1.165) is 0 Å². The zero-order chi connectivity index (χ0) is 17.6. The number of hydrogen-bond donors (Lipinski definition) is 3. The summed E-state index contributed by atoms with van der Waals surface area (Å²) in [4.78, 5) is 15.8. The maximum Gasteiger partial charge on any atom is 0.263 e. The van der Waals surface area contributed by atoms with E-state index in [1.54, 1.807) is 17.5 Å². The van der Waals surface area contributed by atoms with Gasteiger partial charge in [0.05, 0.1) is 17.4 Å². The smallest absolute Gasteiger partial charge is 0.263 e. The number of thiazole rings is 1. The third kappa shape index (κ3) is 6.25. The molecule has 1 amide bonds. The number of ether oxygens (including phenoxy) is 1. The number of carbonyl (C=O) groups is 1. The van der Waals surface area contributed by atoms with E-state index in [1.165, 1.54) is 36.8 Å². The Morgan fingerprint density at radius 3 is 2.80 bits per heavy atom. The topological polar surface area (TPSA) is 123 Å². The van der Waals surface area contributed by atoms with E-state index in [1.807, 2.05) is 0 Å². The predicted octanol–water partition coefficient (Wildman–Crippen LogP) is 1.67. The average molecular weight is 407 g/mol. The minimum Gasteiger partial charge on any atom is -0.380 e. The molecule has 0 fully saturated rings. The van der Waals surface area contributed by atoms with E-state index < -0.39 is 10.0 Å². The van der Waals surface area contributed by atoms with Crippen LogP contribution >= 0.6 is 23.7 Å². The van der Waals surface area contributed by atoms with Gasteiger partial charge < -0.3 is 15.8 Å². The molecule has 0 radical (unpaired) electrons. The lowest BCUT2D eigenvalue weighted by atomic mass is 10.2. The van der Waals surface area contributed by atoms with Crippen molar-refractivity contribution in [3.8, 4) is 0 Å². The third-order valence-electron chi connectivity index (χ3n) is 3.09. The minimum atomic E-state index is -3.77. The number of nitrogens with one attached hydrogen (secondary N) is 2. The Hall–Kier alpha value is -1.72. The molecule has 25 heavy (non-hydrogen) atoms. The molecule has 0 aliphatic rings. The first-order valence-corrected chi connectivity index (χ1v) is 9.36. The lowest BCUT2D eigenvalue weighted by Gasteiger charge is -2.13. The second-order valence-corrected chi connectivity index (χ2v) is 7.39. The molecule has 1 atom stereocenters. The number of halogens is 1. The van der Waals surface area contributed by atoms with Gasteiger partial charge in [-0.25, -0.2) is 13.4 Å². The summed E-state index contributed by atoms with van der Waals surface area (Å²) in [5, 5.41) is 4.57. The largest absolute Gasteiger partial charge is 0.380 e. The SMILES string of the molecule is COC(CN)CC(=O)Nc1cccc(S(=O)(=O)Nc2nccs2)c1.Cl. The van der Waals surface area contributed by atoms with E-state index in [2.05, 4.69) is 15.0 Å². The molecule has 0 aliphatic heterocycles. The van der Waals surface area contributed by atoms with Gasteiger partial charge in [-0.1, -0.05) is 6.07 Å². The Morgan fingerprint density at radius 2 is 2.20 bits per heavy atom. The molecular weight excluding hydrogens is 388 g/mol. The Kier molecular flexibility index (Phi) is 8.26. The van der Waals surface area contributed by atoms with Gasteiger partial charge in [-0.15, -0.1) is 23.7 Å². The van der Waals surface area contributed by atoms with Crippen LogP contribution in [0.3, 0.4) is 0 Å². The number of amides is 1. The summed E-state index contributed by atoms with van der Waals surface area (Å²) >= 11 is 1.17. The van der Waals surface area contributed by atoms with Gasteiger partial charge in [0.2, 0.25) is 5.91 Å². The lowest BCUT2D eigenvalue weighted by Crippen LogP contribution is -2.28. The molecule has 4 N–H and O–H groups in total. The van der Waals surface area contributed by atoms with E-state index in [0.29, 0.717) is 5.69 Å². The van der Waals surface area contributed by atoms with Gasteiger partial charge in [-0.3, -0.25) is 9.52 Å². The van der Waals surface area contributed by atoms with Crippen molar-refractivity contribution in [3.05, 3.63) is 35.8 Å². The van der Waals surface area contributed by atoms with Crippen LogP contribution in [0, 0.1) is 0 Å². The van der Waals surface area contributed by atoms with Crippen molar-refractivity contribution in [2.45, 2.75) is 17.4 Å². The van der Waals surface area contributed by atoms with E-state index in [4.69, 9.17) is 10.5 Å². The Morgan fingerprint density at radius 1 is 1.44 bits per heavy atom. The van der Waals surface area contributed by atoms with E-state index in [-0.39, 0.29) is 47.4 Å². The highest BCUT2D eigenvalue weighted by Gasteiger charge is 2.17. The number of anilines is 2. The molecule has 1 unspecified atom stereocenters. The summed E-state index contributed by atoms with van der Waals surface area (Å²) in [6, 6.07) is 5.95. The Labute approximate surface area is 156 Å². The summed E-state index contributed by atoms with van der Waals surface area (Å²) in [5.41, 5.74) is 5.84. The van der Waals surface area contributed by atoms with Crippen LogP contribution in [0.25, 0.3) is 0 Å². The molecule has 138 valence electrons. The van der Waals surface area contributed by atoms with Crippen molar-refractivity contribution in [1.82, 2.24) is 4.98 Å². The molecule has 2 aromatic rings. The number of rotatable bonds is 8. The van der Waals surface area contributed by atoms with Gasteiger partial charge in [-0.05, 0) is 18.2 Å². The quantitative estimate of drug-likeness (QED) is 0.612. The first kappa shape index (κ1) is 21.3. The summed E-state index contributed by atoms with van der Waals surface area (Å²) in [6.45, 7) is 0.218.